The molecule has 9 heteroatoms. The molecule has 6 unspecified atom stereocenters. The number of hydrogen-bond acceptors (Lipinski definition) is 9. The summed E-state index contributed by atoms with van der Waals surface area (Å²) in [5.41, 5.74) is -0.221. The van der Waals surface area contributed by atoms with Crippen LogP contribution in [0.3, 0.4) is 0 Å². The van der Waals surface area contributed by atoms with E-state index in [1.807, 2.05) is 0 Å². The number of rotatable bonds is 0. The molecule has 2 aliphatic rings. The van der Waals surface area contributed by atoms with Gasteiger partial charge in [-0.05, 0) is 12.8 Å². The molecule has 0 amide bonds. The Balaban J connectivity index is 2.46. The molecule has 2 aliphatic carbocycles. The molecule has 0 radical (unpaired) electrons. The highest BCUT2D eigenvalue weighted by Gasteiger charge is 2.46. The van der Waals surface area contributed by atoms with Gasteiger partial charge in [-0.2, -0.15) is 0 Å². The average molecular weight is 318 g/mol. The minimum absolute atomic E-state index is 0.110. The third-order valence-electron chi connectivity index (χ3n) is 4.17. The van der Waals surface area contributed by atoms with Crippen LogP contribution >= 0.6 is 0 Å². The first-order valence-corrected chi connectivity index (χ1v) is 6.75. The molecule has 0 fully saturated rings. The molecule has 0 spiro atoms. The van der Waals surface area contributed by atoms with Crippen LogP contribution in [0.4, 0.5) is 0 Å². The normalized spacial score (nSPS) is 44.2. The summed E-state index contributed by atoms with van der Waals surface area (Å²) in [6.45, 7) is 0. The zero-order valence-corrected chi connectivity index (χ0v) is 11.4. The molecule has 0 heterocycles. The van der Waals surface area contributed by atoms with E-state index in [1.54, 1.807) is 0 Å². The maximum absolute atomic E-state index is 12.0. The number of aliphatic hydroxyl groups excluding tert-OH is 7. The SMILES string of the molecule is O=C1C2=C(CC2)C(=O)C(O)C(O)C(O)C(O)C(O)C(O)C1O. The monoisotopic (exact) mass is 318 g/mol. The van der Waals surface area contributed by atoms with Crippen molar-refractivity contribution < 1.29 is 45.3 Å². The molecule has 2 rings (SSSR count). The smallest absolute Gasteiger partial charge is 0.190 e. The van der Waals surface area contributed by atoms with Gasteiger partial charge < -0.3 is 35.7 Å². The topological polar surface area (TPSA) is 176 Å². The van der Waals surface area contributed by atoms with E-state index in [-0.39, 0.29) is 24.0 Å². The van der Waals surface area contributed by atoms with E-state index >= 15 is 0 Å². The van der Waals surface area contributed by atoms with Crippen molar-refractivity contribution in [3.8, 4) is 0 Å². The average Bonchev–Trinajstić information content (AvgIpc) is 2.47. The van der Waals surface area contributed by atoms with Gasteiger partial charge in [0, 0.05) is 11.1 Å². The van der Waals surface area contributed by atoms with Gasteiger partial charge in [-0.3, -0.25) is 9.59 Å². The van der Waals surface area contributed by atoms with Crippen molar-refractivity contribution in [3.05, 3.63) is 11.1 Å². The fourth-order valence-electron chi connectivity index (χ4n) is 2.57. The molecule has 0 saturated carbocycles. The molecule has 0 aromatic carbocycles. The number of Topliss-reactive ketones (excluding diaryl/α,β-unsaturated/α-hetero) is 2. The number of ketones is 2. The summed E-state index contributed by atoms with van der Waals surface area (Å²) in [5, 5.41) is 68.0. The predicted octanol–water partition coefficient (Wildman–Crippen LogP) is -4.25. The fourth-order valence-corrected chi connectivity index (χ4v) is 2.57. The Hall–Kier alpha value is -1.20. The highest BCUT2D eigenvalue weighted by Crippen LogP contribution is 2.33. The Morgan fingerprint density at radius 1 is 0.545 bits per heavy atom. The number of carbonyl (C=O) groups is 2. The van der Waals surface area contributed by atoms with Gasteiger partial charge in [-0.25, -0.2) is 0 Å². The third kappa shape index (κ3) is 2.61. The van der Waals surface area contributed by atoms with E-state index in [4.69, 9.17) is 0 Å². The summed E-state index contributed by atoms with van der Waals surface area (Å²) in [6.07, 6.45) is -14.8. The Bertz CT molecular complexity index is 470. The molecule has 7 N–H and O–H groups in total. The molecular weight excluding hydrogens is 300 g/mol. The lowest BCUT2D eigenvalue weighted by Crippen LogP contribution is -2.55. The molecule has 0 aliphatic heterocycles. The molecule has 0 aromatic rings. The molecular formula is C13H18O9. The van der Waals surface area contributed by atoms with Gasteiger partial charge in [0.2, 0.25) is 0 Å². The lowest BCUT2D eigenvalue weighted by atomic mass is 9.79. The van der Waals surface area contributed by atoms with Crippen molar-refractivity contribution in [2.75, 3.05) is 0 Å². The van der Waals surface area contributed by atoms with Crippen LogP contribution < -0.4 is 0 Å². The lowest BCUT2D eigenvalue weighted by molar-refractivity contribution is -0.171. The lowest BCUT2D eigenvalue weighted by Gasteiger charge is -2.31. The van der Waals surface area contributed by atoms with Crippen molar-refractivity contribution in [1.82, 2.24) is 0 Å². The third-order valence-corrected chi connectivity index (χ3v) is 4.17. The van der Waals surface area contributed by atoms with Crippen LogP contribution in [-0.4, -0.2) is 90.0 Å². The van der Waals surface area contributed by atoms with Crippen molar-refractivity contribution >= 4 is 11.6 Å². The standard InChI is InChI=1S/C13H18O9/c14-5-3-1-2-4(3)6(15)8(17)10(19)12(21)13(22)11(20)9(18)7(5)16/h7-13,16-22H,1-2H2. The minimum Gasteiger partial charge on any atom is -0.387 e. The zero-order chi connectivity index (χ0) is 16.8. The van der Waals surface area contributed by atoms with Gasteiger partial charge in [0.1, 0.15) is 42.7 Å². The van der Waals surface area contributed by atoms with Crippen LogP contribution in [0, 0.1) is 0 Å². The van der Waals surface area contributed by atoms with E-state index in [2.05, 4.69) is 0 Å². The van der Waals surface area contributed by atoms with Crippen molar-refractivity contribution in [3.63, 3.8) is 0 Å². The first-order chi connectivity index (χ1) is 10.2. The summed E-state index contributed by atoms with van der Waals surface area (Å²) >= 11 is 0. The summed E-state index contributed by atoms with van der Waals surface area (Å²) < 4.78 is 0. The van der Waals surface area contributed by atoms with Gasteiger partial charge >= 0.3 is 0 Å². The minimum atomic E-state index is -2.19. The Morgan fingerprint density at radius 3 is 1.09 bits per heavy atom. The molecule has 0 bridgehead atoms. The van der Waals surface area contributed by atoms with Crippen molar-refractivity contribution in [1.29, 1.82) is 0 Å². The summed E-state index contributed by atoms with van der Waals surface area (Å²) in [6, 6.07) is 0. The second-order valence-corrected chi connectivity index (χ2v) is 5.53. The van der Waals surface area contributed by atoms with Crippen molar-refractivity contribution in [2.45, 2.75) is 55.6 Å². The van der Waals surface area contributed by atoms with Crippen LogP contribution in [0.5, 0.6) is 0 Å². The van der Waals surface area contributed by atoms with Gasteiger partial charge in [0.15, 0.2) is 11.6 Å². The summed E-state index contributed by atoms with van der Waals surface area (Å²) in [5.74, 6) is -2.02. The second kappa shape index (κ2) is 6.13. The van der Waals surface area contributed by atoms with E-state index in [1.165, 1.54) is 0 Å². The first-order valence-electron chi connectivity index (χ1n) is 6.75. The Kier molecular flexibility index (Phi) is 4.78. The molecule has 9 nitrogen and oxygen atoms in total. The van der Waals surface area contributed by atoms with Gasteiger partial charge in [-0.15, -0.1) is 0 Å². The largest absolute Gasteiger partial charge is 0.387 e. The Morgan fingerprint density at radius 2 is 0.818 bits per heavy atom. The molecule has 124 valence electrons. The van der Waals surface area contributed by atoms with Gasteiger partial charge in [0.05, 0.1) is 0 Å². The van der Waals surface area contributed by atoms with E-state index in [0.717, 1.165) is 0 Å². The number of hydrogen-bond donors (Lipinski definition) is 7. The molecule has 0 saturated heterocycles. The van der Waals surface area contributed by atoms with Crippen LogP contribution in [-0.2, 0) is 9.59 Å². The zero-order valence-electron chi connectivity index (χ0n) is 11.4. The van der Waals surface area contributed by atoms with E-state index in [9.17, 15) is 45.3 Å². The van der Waals surface area contributed by atoms with Crippen molar-refractivity contribution in [2.24, 2.45) is 0 Å². The molecule has 0 aromatic heterocycles. The Labute approximate surface area is 124 Å². The van der Waals surface area contributed by atoms with Crippen LogP contribution in [0.2, 0.25) is 0 Å². The molecule has 6 atom stereocenters. The second-order valence-electron chi connectivity index (χ2n) is 5.53. The van der Waals surface area contributed by atoms with Gasteiger partial charge in [-0.1, -0.05) is 0 Å². The quantitative estimate of drug-likeness (QED) is 0.233. The van der Waals surface area contributed by atoms with Gasteiger partial charge in [0.25, 0.3) is 0 Å². The van der Waals surface area contributed by atoms with Crippen LogP contribution in [0.25, 0.3) is 0 Å². The van der Waals surface area contributed by atoms with E-state index in [0.29, 0.717) is 0 Å². The van der Waals surface area contributed by atoms with E-state index < -0.39 is 54.3 Å². The maximum Gasteiger partial charge on any atom is 0.190 e. The first kappa shape index (κ1) is 17.2. The predicted molar refractivity (Wildman–Crippen MR) is 68.3 cm³/mol. The van der Waals surface area contributed by atoms with Crippen LogP contribution in [0.15, 0.2) is 11.1 Å². The number of aliphatic hydroxyl groups is 7. The number of carbonyl (C=O) groups excluding carboxylic acids is 2. The molecule has 22 heavy (non-hydrogen) atoms. The highest BCUT2D eigenvalue weighted by atomic mass is 16.4. The summed E-state index contributed by atoms with van der Waals surface area (Å²) in [4.78, 5) is 24.0. The highest BCUT2D eigenvalue weighted by molar-refractivity contribution is 6.11. The summed E-state index contributed by atoms with van der Waals surface area (Å²) in [7, 11) is 0. The van der Waals surface area contributed by atoms with Crippen LogP contribution in [0.1, 0.15) is 12.8 Å². The maximum atomic E-state index is 12.0. The fraction of sp³-hybridized carbons (Fsp3) is 0.692.